The molecule has 0 saturated carbocycles. The Balaban J connectivity index is 3.35. The maximum atomic E-state index is 11.1. The van der Waals surface area contributed by atoms with Gasteiger partial charge >= 0.3 is 5.97 Å². The number of ether oxygens (including phenoxy) is 1. The highest BCUT2D eigenvalue weighted by atomic mass is 16.5. The van der Waals surface area contributed by atoms with Crippen molar-refractivity contribution in [1.82, 2.24) is 0 Å². The molecule has 2 heteroatoms. The van der Waals surface area contributed by atoms with E-state index in [1.807, 2.05) is 6.92 Å². The first-order valence-electron chi connectivity index (χ1n) is 8.95. The Morgan fingerprint density at radius 3 is 1.95 bits per heavy atom. The van der Waals surface area contributed by atoms with Gasteiger partial charge in [-0.15, -0.1) is 0 Å². The molecule has 0 bridgehead atoms. The van der Waals surface area contributed by atoms with Crippen LogP contribution < -0.4 is 0 Å². The molecule has 0 fully saturated rings. The van der Waals surface area contributed by atoms with Crippen molar-refractivity contribution in [2.45, 2.75) is 78.1 Å². The van der Waals surface area contributed by atoms with E-state index in [0.29, 0.717) is 13.0 Å². The predicted molar refractivity (Wildman–Crippen MR) is 95.9 cm³/mol. The average molecular weight is 306 g/mol. The molecule has 0 radical (unpaired) electrons. The summed E-state index contributed by atoms with van der Waals surface area (Å²) >= 11 is 0. The Morgan fingerprint density at radius 1 is 0.773 bits per heavy atom. The molecule has 0 aliphatic rings. The predicted octanol–water partition coefficient (Wildman–Crippen LogP) is 6.14. The quantitative estimate of drug-likeness (QED) is 0.219. The van der Waals surface area contributed by atoms with Crippen LogP contribution in [0, 0.1) is 0 Å². The van der Waals surface area contributed by atoms with E-state index in [4.69, 9.17) is 4.74 Å². The monoisotopic (exact) mass is 306 g/mol. The van der Waals surface area contributed by atoms with Gasteiger partial charge in [-0.1, -0.05) is 69.1 Å². The van der Waals surface area contributed by atoms with Crippen molar-refractivity contribution in [2.24, 2.45) is 0 Å². The Morgan fingerprint density at radius 2 is 1.36 bits per heavy atom. The summed E-state index contributed by atoms with van der Waals surface area (Å²) in [5.41, 5.74) is 0. The van der Waals surface area contributed by atoms with Crippen molar-refractivity contribution in [3.8, 4) is 0 Å². The van der Waals surface area contributed by atoms with Gasteiger partial charge in [0.05, 0.1) is 6.61 Å². The van der Waals surface area contributed by atoms with Crippen LogP contribution in [0.4, 0.5) is 0 Å². The highest BCUT2D eigenvalue weighted by Crippen LogP contribution is 2.06. The van der Waals surface area contributed by atoms with Gasteiger partial charge in [0.2, 0.25) is 0 Å². The molecule has 0 amide bonds. The summed E-state index contributed by atoms with van der Waals surface area (Å²) in [7, 11) is 0. The first-order chi connectivity index (χ1) is 10.8. The third-order valence-corrected chi connectivity index (χ3v) is 3.39. The molecule has 0 atom stereocenters. The minimum Gasteiger partial charge on any atom is -0.466 e. The van der Waals surface area contributed by atoms with Crippen molar-refractivity contribution in [3.05, 3.63) is 36.5 Å². The van der Waals surface area contributed by atoms with Crippen LogP contribution in [-0.2, 0) is 9.53 Å². The number of carbonyl (C=O) groups is 1. The fourth-order valence-corrected chi connectivity index (χ4v) is 2.11. The Bertz CT molecular complexity index is 327. The van der Waals surface area contributed by atoms with Gasteiger partial charge in [-0.25, -0.2) is 0 Å². The molecule has 0 aromatic carbocycles. The molecule has 126 valence electrons. The van der Waals surface area contributed by atoms with E-state index in [1.165, 1.54) is 38.5 Å². The van der Waals surface area contributed by atoms with E-state index in [2.05, 4.69) is 43.4 Å². The average Bonchev–Trinajstić information content (AvgIpc) is 2.51. The first-order valence-corrected chi connectivity index (χ1v) is 8.95. The topological polar surface area (TPSA) is 26.3 Å². The number of hydrogen-bond acceptors (Lipinski definition) is 2. The standard InChI is InChI=1S/C20H34O2/c1-3-5-6-7-8-9-10-11-12-13-14-15-16-17-18-19-20(21)22-4-2/h8-13H,3-7,14-19H2,1-2H3. The van der Waals surface area contributed by atoms with Crippen LogP contribution in [0.5, 0.6) is 0 Å². The zero-order chi connectivity index (χ0) is 16.3. The molecule has 22 heavy (non-hydrogen) atoms. The molecule has 0 rings (SSSR count). The fourth-order valence-electron chi connectivity index (χ4n) is 2.11. The molecule has 0 spiro atoms. The summed E-state index contributed by atoms with van der Waals surface area (Å²) < 4.78 is 4.90. The van der Waals surface area contributed by atoms with Gasteiger partial charge in [-0.3, -0.25) is 4.79 Å². The SMILES string of the molecule is CCCCCC=CC=CC=CCCCCCCC(=O)OCC. The van der Waals surface area contributed by atoms with Gasteiger partial charge in [0.15, 0.2) is 0 Å². The van der Waals surface area contributed by atoms with Crippen LogP contribution in [-0.4, -0.2) is 12.6 Å². The minimum atomic E-state index is -0.0599. The van der Waals surface area contributed by atoms with Crippen molar-refractivity contribution in [3.63, 3.8) is 0 Å². The summed E-state index contributed by atoms with van der Waals surface area (Å²) in [6.45, 7) is 4.57. The van der Waals surface area contributed by atoms with Crippen LogP contribution in [0.2, 0.25) is 0 Å². The fraction of sp³-hybridized carbons (Fsp3) is 0.650. The first kappa shape index (κ1) is 20.7. The molecule has 0 aromatic rings. The van der Waals surface area contributed by atoms with Gasteiger partial charge in [-0.05, 0) is 39.0 Å². The molecular weight excluding hydrogens is 272 g/mol. The minimum absolute atomic E-state index is 0.0599. The maximum absolute atomic E-state index is 11.1. The number of allylic oxidation sites excluding steroid dienone is 6. The highest BCUT2D eigenvalue weighted by molar-refractivity contribution is 5.69. The third-order valence-electron chi connectivity index (χ3n) is 3.39. The Labute approximate surface area is 137 Å². The van der Waals surface area contributed by atoms with E-state index < -0.39 is 0 Å². The number of hydrogen-bond donors (Lipinski definition) is 0. The number of esters is 1. The molecule has 0 heterocycles. The summed E-state index contributed by atoms with van der Waals surface area (Å²) in [5, 5.41) is 0. The zero-order valence-electron chi connectivity index (χ0n) is 14.6. The molecule has 0 N–H and O–H groups in total. The normalized spacial score (nSPS) is 11.9. The summed E-state index contributed by atoms with van der Waals surface area (Å²) in [6.07, 6.45) is 24.1. The lowest BCUT2D eigenvalue weighted by Gasteiger charge is -2.01. The van der Waals surface area contributed by atoms with Gasteiger partial charge in [-0.2, -0.15) is 0 Å². The van der Waals surface area contributed by atoms with Crippen molar-refractivity contribution < 1.29 is 9.53 Å². The van der Waals surface area contributed by atoms with Crippen LogP contribution in [0.25, 0.3) is 0 Å². The summed E-state index contributed by atoms with van der Waals surface area (Å²) in [5.74, 6) is -0.0599. The van der Waals surface area contributed by atoms with E-state index in [-0.39, 0.29) is 5.97 Å². The van der Waals surface area contributed by atoms with Crippen LogP contribution >= 0.6 is 0 Å². The van der Waals surface area contributed by atoms with E-state index in [0.717, 1.165) is 19.3 Å². The zero-order valence-corrected chi connectivity index (χ0v) is 14.6. The lowest BCUT2D eigenvalue weighted by Crippen LogP contribution is -2.02. The number of carbonyl (C=O) groups excluding carboxylic acids is 1. The second-order valence-electron chi connectivity index (χ2n) is 5.49. The highest BCUT2D eigenvalue weighted by Gasteiger charge is 1.99. The summed E-state index contributed by atoms with van der Waals surface area (Å²) in [6, 6.07) is 0. The number of unbranched alkanes of at least 4 members (excludes halogenated alkanes) is 7. The molecule has 0 aliphatic carbocycles. The molecular formula is C20H34O2. The summed E-state index contributed by atoms with van der Waals surface area (Å²) in [4.78, 5) is 11.1. The van der Waals surface area contributed by atoms with Crippen LogP contribution in [0.1, 0.15) is 78.1 Å². The van der Waals surface area contributed by atoms with E-state index in [1.54, 1.807) is 0 Å². The second-order valence-corrected chi connectivity index (χ2v) is 5.49. The van der Waals surface area contributed by atoms with E-state index >= 15 is 0 Å². The Kier molecular flexibility index (Phi) is 16.7. The van der Waals surface area contributed by atoms with Gasteiger partial charge in [0, 0.05) is 6.42 Å². The van der Waals surface area contributed by atoms with Crippen molar-refractivity contribution in [1.29, 1.82) is 0 Å². The molecule has 0 aliphatic heterocycles. The molecule has 0 aromatic heterocycles. The van der Waals surface area contributed by atoms with Gasteiger partial charge in [0.1, 0.15) is 0 Å². The third kappa shape index (κ3) is 16.7. The number of rotatable bonds is 14. The van der Waals surface area contributed by atoms with Crippen LogP contribution in [0.15, 0.2) is 36.5 Å². The van der Waals surface area contributed by atoms with E-state index in [9.17, 15) is 4.79 Å². The van der Waals surface area contributed by atoms with Gasteiger partial charge < -0.3 is 4.74 Å². The van der Waals surface area contributed by atoms with Crippen molar-refractivity contribution >= 4 is 5.97 Å². The molecule has 2 nitrogen and oxygen atoms in total. The Hall–Kier alpha value is -1.31. The van der Waals surface area contributed by atoms with Crippen molar-refractivity contribution in [2.75, 3.05) is 6.61 Å². The largest absolute Gasteiger partial charge is 0.466 e. The van der Waals surface area contributed by atoms with Gasteiger partial charge in [0.25, 0.3) is 0 Å². The second kappa shape index (κ2) is 17.7. The lowest BCUT2D eigenvalue weighted by molar-refractivity contribution is -0.143. The molecule has 0 saturated heterocycles. The van der Waals surface area contributed by atoms with Crippen LogP contribution in [0.3, 0.4) is 0 Å². The maximum Gasteiger partial charge on any atom is 0.305 e. The lowest BCUT2D eigenvalue weighted by atomic mass is 10.1. The smallest absolute Gasteiger partial charge is 0.305 e. The molecule has 0 unspecified atom stereocenters.